The summed E-state index contributed by atoms with van der Waals surface area (Å²) >= 11 is 6.06. The maximum Gasteiger partial charge on any atom is 0.573 e. The number of rotatable bonds is 2. The molecule has 0 fully saturated rings. The normalized spacial score (nSPS) is 11.4. The lowest BCUT2D eigenvalue weighted by molar-refractivity contribution is -0.274. The summed E-state index contributed by atoms with van der Waals surface area (Å²) in [5, 5.41) is 9.89. The third-order valence-corrected chi connectivity index (χ3v) is 2.87. The predicted octanol–water partition coefficient (Wildman–Crippen LogP) is 4.92. The molecule has 0 saturated heterocycles. The average molecular weight is 303 g/mol. The molecule has 0 aliphatic rings. The molecule has 0 atom stereocenters. The third-order valence-electron chi connectivity index (χ3n) is 2.56. The van der Waals surface area contributed by atoms with Gasteiger partial charge in [-0.3, -0.25) is 0 Å². The number of hydrogen-bond donors (Lipinski definition) is 1. The molecule has 2 nitrogen and oxygen atoms in total. The Morgan fingerprint density at radius 1 is 1.10 bits per heavy atom. The summed E-state index contributed by atoms with van der Waals surface area (Å²) in [4.78, 5) is 0. The Labute approximate surface area is 118 Å². The van der Waals surface area contributed by atoms with E-state index in [0.717, 1.165) is 11.6 Å². The fourth-order valence-electron chi connectivity index (χ4n) is 1.79. The van der Waals surface area contributed by atoms with E-state index in [2.05, 4.69) is 4.74 Å². The first-order valence-electron chi connectivity index (χ1n) is 5.61. The Hall–Kier alpha value is -1.88. The summed E-state index contributed by atoms with van der Waals surface area (Å²) in [5.74, 6) is -0.831. The van der Waals surface area contributed by atoms with Crippen molar-refractivity contribution in [3.05, 3.63) is 47.0 Å². The van der Waals surface area contributed by atoms with E-state index in [4.69, 9.17) is 11.6 Å². The topological polar surface area (TPSA) is 29.5 Å². The average Bonchev–Trinajstić information content (AvgIpc) is 2.25. The van der Waals surface area contributed by atoms with E-state index < -0.39 is 12.1 Å². The van der Waals surface area contributed by atoms with Crippen LogP contribution in [0.1, 0.15) is 5.56 Å². The first-order valence-corrected chi connectivity index (χ1v) is 5.99. The minimum Gasteiger partial charge on any atom is -0.508 e. The summed E-state index contributed by atoms with van der Waals surface area (Å²) in [6, 6.07) is 8.51. The molecule has 0 aliphatic carbocycles. The maximum atomic E-state index is 12.2. The van der Waals surface area contributed by atoms with Crippen molar-refractivity contribution in [2.45, 2.75) is 13.3 Å². The Balaban J connectivity index is 2.46. The van der Waals surface area contributed by atoms with Gasteiger partial charge in [0.25, 0.3) is 0 Å². The van der Waals surface area contributed by atoms with Gasteiger partial charge >= 0.3 is 6.36 Å². The van der Waals surface area contributed by atoms with Crippen molar-refractivity contribution in [1.82, 2.24) is 0 Å². The van der Waals surface area contributed by atoms with Crippen LogP contribution in [0.3, 0.4) is 0 Å². The highest BCUT2D eigenvalue weighted by molar-refractivity contribution is 6.33. The van der Waals surface area contributed by atoms with Crippen LogP contribution < -0.4 is 4.74 Å². The van der Waals surface area contributed by atoms with Crippen molar-refractivity contribution in [3.63, 3.8) is 0 Å². The number of phenols is 1. The Morgan fingerprint density at radius 2 is 1.80 bits per heavy atom. The van der Waals surface area contributed by atoms with Crippen LogP contribution in [0, 0.1) is 6.92 Å². The van der Waals surface area contributed by atoms with Gasteiger partial charge in [-0.1, -0.05) is 23.7 Å². The molecule has 0 spiro atoms. The predicted molar refractivity (Wildman–Crippen MR) is 70.0 cm³/mol. The molecular formula is C14H10ClF3O2. The first kappa shape index (κ1) is 14.5. The van der Waals surface area contributed by atoms with E-state index in [1.807, 2.05) is 6.92 Å². The van der Waals surface area contributed by atoms with Gasteiger partial charge in [0.05, 0.1) is 0 Å². The second-order valence-corrected chi connectivity index (χ2v) is 4.65. The van der Waals surface area contributed by atoms with Gasteiger partial charge in [0.1, 0.15) is 11.5 Å². The van der Waals surface area contributed by atoms with E-state index >= 15 is 0 Å². The van der Waals surface area contributed by atoms with Gasteiger partial charge in [-0.15, -0.1) is 13.2 Å². The zero-order valence-corrected chi connectivity index (χ0v) is 11.1. The molecule has 0 unspecified atom stereocenters. The summed E-state index contributed by atoms with van der Waals surface area (Å²) < 4.78 is 40.4. The highest BCUT2D eigenvalue weighted by atomic mass is 35.5. The van der Waals surface area contributed by atoms with Crippen LogP contribution in [0.4, 0.5) is 13.2 Å². The fraction of sp³-hybridized carbons (Fsp3) is 0.143. The molecular weight excluding hydrogens is 293 g/mol. The largest absolute Gasteiger partial charge is 0.573 e. The molecule has 20 heavy (non-hydrogen) atoms. The van der Waals surface area contributed by atoms with Gasteiger partial charge < -0.3 is 9.84 Å². The molecule has 6 heteroatoms. The number of aromatic hydroxyl groups is 1. The zero-order chi connectivity index (χ0) is 14.9. The third kappa shape index (κ3) is 3.57. The monoisotopic (exact) mass is 302 g/mol. The quantitative estimate of drug-likeness (QED) is 0.853. The van der Waals surface area contributed by atoms with E-state index in [0.29, 0.717) is 16.1 Å². The van der Waals surface area contributed by atoms with Gasteiger partial charge in [0, 0.05) is 16.7 Å². The minimum atomic E-state index is -4.82. The summed E-state index contributed by atoms with van der Waals surface area (Å²) in [7, 11) is 0. The van der Waals surface area contributed by atoms with Gasteiger partial charge in [-0.05, 0) is 36.2 Å². The number of benzene rings is 2. The van der Waals surface area contributed by atoms with Crippen molar-refractivity contribution in [3.8, 4) is 22.6 Å². The standard InChI is InChI=1S/C14H10ClF3O2/c1-8-2-3-12(13(15)4-8)9-5-10(19)7-11(6-9)20-14(16,17)18/h2-7,19H,1H3. The Bertz CT molecular complexity index is 639. The van der Waals surface area contributed by atoms with Crippen LogP contribution in [0.2, 0.25) is 5.02 Å². The molecule has 0 amide bonds. The highest BCUT2D eigenvalue weighted by Gasteiger charge is 2.31. The SMILES string of the molecule is Cc1ccc(-c2cc(O)cc(OC(F)(F)F)c2)c(Cl)c1. The van der Waals surface area contributed by atoms with E-state index in [9.17, 15) is 18.3 Å². The number of ether oxygens (including phenoxy) is 1. The van der Waals surface area contributed by atoms with Crippen LogP contribution in [0.15, 0.2) is 36.4 Å². The maximum absolute atomic E-state index is 12.2. The molecule has 0 bridgehead atoms. The lowest BCUT2D eigenvalue weighted by Gasteiger charge is -2.12. The van der Waals surface area contributed by atoms with Gasteiger partial charge in [0.2, 0.25) is 0 Å². The van der Waals surface area contributed by atoms with E-state index in [1.165, 1.54) is 12.1 Å². The fourth-order valence-corrected chi connectivity index (χ4v) is 2.13. The first-order chi connectivity index (χ1) is 9.24. The Morgan fingerprint density at radius 3 is 2.40 bits per heavy atom. The van der Waals surface area contributed by atoms with Crippen LogP contribution in [-0.2, 0) is 0 Å². The molecule has 0 aromatic heterocycles. The molecule has 106 valence electrons. The second-order valence-electron chi connectivity index (χ2n) is 4.25. The summed E-state index contributed by atoms with van der Waals surface area (Å²) in [6.45, 7) is 1.84. The van der Waals surface area contributed by atoms with Gasteiger partial charge in [-0.25, -0.2) is 0 Å². The zero-order valence-electron chi connectivity index (χ0n) is 10.3. The van der Waals surface area contributed by atoms with Crippen molar-refractivity contribution in [2.24, 2.45) is 0 Å². The lowest BCUT2D eigenvalue weighted by atomic mass is 10.0. The van der Waals surface area contributed by atoms with Crippen molar-refractivity contribution in [1.29, 1.82) is 0 Å². The lowest BCUT2D eigenvalue weighted by Crippen LogP contribution is -2.17. The number of hydrogen-bond acceptors (Lipinski definition) is 2. The van der Waals surface area contributed by atoms with Crippen molar-refractivity contribution < 1.29 is 23.0 Å². The molecule has 0 radical (unpaired) electrons. The second kappa shape index (κ2) is 5.25. The number of alkyl halides is 3. The number of phenolic OH excluding ortho intramolecular Hbond substituents is 1. The van der Waals surface area contributed by atoms with E-state index in [-0.39, 0.29) is 5.75 Å². The molecule has 2 rings (SSSR count). The molecule has 0 saturated carbocycles. The smallest absolute Gasteiger partial charge is 0.508 e. The molecule has 2 aromatic carbocycles. The van der Waals surface area contributed by atoms with Crippen LogP contribution >= 0.6 is 11.6 Å². The Kier molecular flexibility index (Phi) is 3.81. The van der Waals surface area contributed by atoms with Crippen LogP contribution in [0.25, 0.3) is 11.1 Å². The number of aryl methyl sites for hydroxylation is 1. The summed E-state index contributed by atoms with van der Waals surface area (Å²) in [5.41, 5.74) is 1.78. The van der Waals surface area contributed by atoms with Crippen molar-refractivity contribution >= 4 is 11.6 Å². The van der Waals surface area contributed by atoms with Gasteiger partial charge in [0.15, 0.2) is 0 Å². The van der Waals surface area contributed by atoms with Gasteiger partial charge in [-0.2, -0.15) is 0 Å². The number of halogens is 4. The van der Waals surface area contributed by atoms with E-state index in [1.54, 1.807) is 18.2 Å². The molecule has 1 N–H and O–H groups in total. The van der Waals surface area contributed by atoms with Crippen molar-refractivity contribution in [2.75, 3.05) is 0 Å². The molecule has 0 heterocycles. The van der Waals surface area contributed by atoms with Crippen LogP contribution in [-0.4, -0.2) is 11.5 Å². The summed E-state index contributed by atoms with van der Waals surface area (Å²) in [6.07, 6.45) is -4.82. The minimum absolute atomic E-state index is 0.335. The van der Waals surface area contributed by atoms with Crippen LogP contribution in [0.5, 0.6) is 11.5 Å². The molecule has 0 aliphatic heterocycles. The molecule has 2 aromatic rings. The highest BCUT2D eigenvalue weighted by Crippen LogP contribution is 2.35.